The zero-order valence-electron chi connectivity index (χ0n) is 15.4. The molecule has 0 atom stereocenters. The molecule has 1 amide bonds. The van der Waals surface area contributed by atoms with E-state index in [-0.39, 0.29) is 11.5 Å². The molecule has 0 spiro atoms. The van der Waals surface area contributed by atoms with Gasteiger partial charge in [0.1, 0.15) is 5.75 Å². The van der Waals surface area contributed by atoms with E-state index in [9.17, 15) is 9.59 Å². The third-order valence-electron chi connectivity index (χ3n) is 5.11. The van der Waals surface area contributed by atoms with E-state index in [2.05, 4.69) is 4.98 Å². The van der Waals surface area contributed by atoms with Crippen LogP contribution in [0.1, 0.15) is 24.8 Å². The van der Waals surface area contributed by atoms with Crippen LogP contribution >= 0.6 is 0 Å². The zero-order valence-corrected chi connectivity index (χ0v) is 15.4. The fourth-order valence-electron chi connectivity index (χ4n) is 3.53. The van der Waals surface area contributed by atoms with Crippen LogP contribution in [0.3, 0.4) is 0 Å². The van der Waals surface area contributed by atoms with Crippen molar-refractivity contribution in [1.82, 2.24) is 9.88 Å². The monoisotopic (exact) mass is 358 g/mol. The van der Waals surface area contributed by atoms with E-state index in [1.807, 2.05) is 29.2 Å². The second-order valence-electron chi connectivity index (χ2n) is 6.86. The number of methoxy groups -OCH3 is 2. The number of hydrogen-bond acceptors (Lipinski definition) is 4. The number of aryl methyl sites for hydroxylation is 1. The Labute approximate surface area is 153 Å². The first-order valence-electron chi connectivity index (χ1n) is 9.07. The van der Waals surface area contributed by atoms with Gasteiger partial charge in [-0.05, 0) is 49.4 Å². The maximum Gasteiger partial charge on any atom is 0.251 e. The van der Waals surface area contributed by atoms with E-state index in [0.29, 0.717) is 24.3 Å². The maximum absolute atomic E-state index is 12.5. The summed E-state index contributed by atoms with van der Waals surface area (Å²) in [5.74, 6) is 1.40. The molecule has 2 aromatic rings. The molecule has 6 nitrogen and oxygen atoms in total. The lowest BCUT2D eigenvalue weighted by atomic mass is 9.97. The van der Waals surface area contributed by atoms with Crippen LogP contribution in [0.2, 0.25) is 0 Å². The summed E-state index contributed by atoms with van der Waals surface area (Å²) in [4.78, 5) is 29.5. The Hall–Kier alpha value is -2.34. The fourth-order valence-corrected chi connectivity index (χ4v) is 3.53. The van der Waals surface area contributed by atoms with Gasteiger partial charge in [-0.15, -0.1) is 0 Å². The Balaban J connectivity index is 1.63. The predicted molar refractivity (Wildman–Crippen MR) is 101 cm³/mol. The molecular weight excluding hydrogens is 332 g/mol. The summed E-state index contributed by atoms with van der Waals surface area (Å²) in [6.07, 6.45) is 2.76. The minimum absolute atomic E-state index is 0.117. The molecule has 1 aromatic heterocycles. The van der Waals surface area contributed by atoms with Gasteiger partial charge in [0.05, 0.1) is 7.11 Å². The molecule has 26 heavy (non-hydrogen) atoms. The second kappa shape index (κ2) is 8.36. The number of ether oxygens (including phenoxy) is 2. The minimum Gasteiger partial charge on any atom is -0.497 e. The molecular formula is C20H26N2O4. The summed E-state index contributed by atoms with van der Waals surface area (Å²) in [5.41, 5.74) is 1.27. The van der Waals surface area contributed by atoms with E-state index in [0.717, 1.165) is 49.2 Å². The summed E-state index contributed by atoms with van der Waals surface area (Å²) in [6.45, 7) is 2.31. The SMILES string of the molecule is COCC1CCN(C(=O)CCc2cc3cc(OC)ccc3[nH]c2=O)CC1. The Morgan fingerprint density at radius 1 is 1.23 bits per heavy atom. The highest BCUT2D eigenvalue weighted by Crippen LogP contribution is 2.20. The molecule has 1 aliphatic heterocycles. The van der Waals surface area contributed by atoms with Crippen LogP contribution in [0, 0.1) is 5.92 Å². The van der Waals surface area contributed by atoms with E-state index in [4.69, 9.17) is 9.47 Å². The second-order valence-corrected chi connectivity index (χ2v) is 6.86. The molecule has 3 rings (SSSR count). The number of rotatable bonds is 6. The van der Waals surface area contributed by atoms with Gasteiger partial charge < -0.3 is 19.4 Å². The van der Waals surface area contributed by atoms with Gasteiger partial charge in [-0.2, -0.15) is 0 Å². The van der Waals surface area contributed by atoms with Crippen LogP contribution in [-0.4, -0.2) is 49.7 Å². The number of carbonyl (C=O) groups excluding carboxylic acids is 1. The van der Waals surface area contributed by atoms with Crippen LogP contribution in [0.4, 0.5) is 0 Å². The lowest BCUT2D eigenvalue weighted by Crippen LogP contribution is -2.39. The van der Waals surface area contributed by atoms with E-state index in [1.165, 1.54) is 0 Å². The highest BCUT2D eigenvalue weighted by atomic mass is 16.5. The zero-order chi connectivity index (χ0) is 18.5. The van der Waals surface area contributed by atoms with Gasteiger partial charge in [-0.3, -0.25) is 9.59 Å². The summed E-state index contributed by atoms with van der Waals surface area (Å²) in [7, 11) is 3.33. The van der Waals surface area contributed by atoms with E-state index in [1.54, 1.807) is 14.2 Å². The van der Waals surface area contributed by atoms with Crippen molar-refractivity contribution in [3.05, 3.63) is 40.2 Å². The number of aromatic nitrogens is 1. The molecule has 1 N–H and O–H groups in total. The molecule has 6 heteroatoms. The largest absolute Gasteiger partial charge is 0.497 e. The number of nitrogens with one attached hydrogen (secondary N) is 1. The van der Waals surface area contributed by atoms with Crippen LogP contribution < -0.4 is 10.3 Å². The summed E-state index contributed by atoms with van der Waals surface area (Å²) < 4.78 is 10.4. The quantitative estimate of drug-likeness (QED) is 0.860. The average molecular weight is 358 g/mol. The highest BCUT2D eigenvalue weighted by Gasteiger charge is 2.22. The number of H-pyrrole nitrogens is 1. The van der Waals surface area contributed by atoms with Crippen molar-refractivity contribution >= 4 is 16.8 Å². The van der Waals surface area contributed by atoms with Crippen molar-refractivity contribution in [2.24, 2.45) is 5.92 Å². The number of carbonyl (C=O) groups is 1. The molecule has 0 aliphatic carbocycles. The molecule has 2 heterocycles. The van der Waals surface area contributed by atoms with Crippen LogP contribution in [-0.2, 0) is 16.0 Å². The van der Waals surface area contributed by atoms with Gasteiger partial charge >= 0.3 is 0 Å². The molecule has 1 saturated heterocycles. The first-order valence-corrected chi connectivity index (χ1v) is 9.07. The number of amides is 1. The Morgan fingerprint density at radius 2 is 2.00 bits per heavy atom. The van der Waals surface area contributed by atoms with Crippen molar-refractivity contribution in [2.75, 3.05) is 33.9 Å². The number of aromatic amines is 1. The van der Waals surface area contributed by atoms with Gasteiger partial charge in [0.25, 0.3) is 5.56 Å². The number of hydrogen-bond donors (Lipinski definition) is 1. The van der Waals surface area contributed by atoms with Gasteiger partial charge in [0, 0.05) is 49.7 Å². The molecule has 1 aliphatic rings. The third-order valence-corrected chi connectivity index (χ3v) is 5.11. The van der Waals surface area contributed by atoms with Crippen molar-refractivity contribution in [2.45, 2.75) is 25.7 Å². The van der Waals surface area contributed by atoms with Gasteiger partial charge in [0.2, 0.25) is 5.91 Å². The number of likely N-dealkylation sites (tertiary alicyclic amines) is 1. The summed E-state index contributed by atoms with van der Waals surface area (Å²) >= 11 is 0. The first kappa shape index (κ1) is 18.5. The van der Waals surface area contributed by atoms with Crippen molar-refractivity contribution < 1.29 is 14.3 Å². The minimum atomic E-state index is -0.130. The standard InChI is InChI=1S/C20H26N2O4/c1-25-13-14-7-9-22(10-8-14)19(23)6-3-15-11-16-12-17(26-2)4-5-18(16)21-20(15)24/h4-5,11-12,14H,3,6-10,13H2,1-2H3,(H,21,24). The molecule has 0 saturated carbocycles. The smallest absolute Gasteiger partial charge is 0.251 e. The summed E-state index contributed by atoms with van der Waals surface area (Å²) in [5, 5.41) is 0.909. The van der Waals surface area contributed by atoms with E-state index < -0.39 is 0 Å². The lowest BCUT2D eigenvalue weighted by Gasteiger charge is -2.31. The molecule has 1 aromatic carbocycles. The Morgan fingerprint density at radius 3 is 2.69 bits per heavy atom. The molecule has 0 bridgehead atoms. The number of pyridine rings is 1. The van der Waals surface area contributed by atoms with Crippen molar-refractivity contribution in [1.29, 1.82) is 0 Å². The lowest BCUT2D eigenvalue weighted by molar-refractivity contribution is -0.132. The normalized spacial score (nSPS) is 15.4. The number of nitrogens with zero attached hydrogens (tertiary/aromatic N) is 1. The molecule has 1 fully saturated rings. The summed E-state index contributed by atoms with van der Waals surface area (Å²) in [6, 6.07) is 7.38. The van der Waals surface area contributed by atoms with Crippen molar-refractivity contribution in [3.8, 4) is 5.75 Å². The fraction of sp³-hybridized carbons (Fsp3) is 0.500. The first-order chi connectivity index (χ1) is 12.6. The molecule has 0 unspecified atom stereocenters. The van der Waals surface area contributed by atoms with Gasteiger partial charge in [-0.25, -0.2) is 0 Å². The van der Waals surface area contributed by atoms with Crippen LogP contribution in [0.25, 0.3) is 10.9 Å². The van der Waals surface area contributed by atoms with Crippen LogP contribution in [0.5, 0.6) is 5.75 Å². The van der Waals surface area contributed by atoms with Crippen LogP contribution in [0.15, 0.2) is 29.1 Å². The average Bonchev–Trinajstić information content (AvgIpc) is 2.66. The number of benzene rings is 1. The van der Waals surface area contributed by atoms with Gasteiger partial charge in [0.15, 0.2) is 0 Å². The molecule has 0 radical (unpaired) electrons. The number of fused-ring (bicyclic) bond motifs is 1. The van der Waals surface area contributed by atoms with E-state index >= 15 is 0 Å². The molecule has 140 valence electrons. The topological polar surface area (TPSA) is 71.6 Å². The third kappa shape index (κ3) is 4.25. The Kier molecular flexibility index (Phi) is 5.93. The Bertz CT molecular complexity index is 822. The highest BCUT2D eigenvalue weighted by molar-refractivity contribution is 5.81. The van der Waals surface area contributed by atoms with Gasteiger partial charge in [-0.1, -0.05) is 0 Å². The predicted octanol–water partition coefficient (Wildman–Crippen LogP) is 2.35. The number of piperidine rings is 1. The maximum atomic E-state index is 12.5. The van der Waals surface area contributed by atoms with Crippen molar-refractivity contribution in [3.63, 3.8) is 0 Å².